The highest BCUT2D eigenvalue weighted by Crippen LogP contribution is 2.34. The lowest BCUT2D eigenvalue weighted by atomic mass is 10.1. The normalized spacial score (nSPS) is 11.0. The Morgan fingerprint density at radius 3 is 2.45 bits per heavy atom. The van der Waals surface area contributed by atoms with Crippen molar-refractivity contribution in [2.24, 2.45) is 0 Å². The molecule has 0 spiro atoms. The molecule has 0 aliphatic rings. The third-order valence-electron chi connectivity index (χ3n) is 4.29. The van der Waals surface area contributed by atoms with Crippen molar-refractivity contribution in [1.29, 1.82) is 5.26 Å². The van der Waals surface area contributed by atoms with Crippen LogP contribution in [0.5, 0.6) is 5.75 Å². The molecule has 0 unspecified atom stereocenters. The minimum Gasteiger partial charge on any atom is -0.487 e. The highest BCUT2D eigenvalue weighted by molar-refractivity contribution is 6.36. The first-order chi connectivity index (χ1) is 15.0. The van der Waals surface area contributed by atoms with Crippen molar-refractivity contribution in [1.82, 2.24) is 5.32 Å². The van der Waals surface area contributed by atoms with Crippen LogP contribution in [0.25, 0.3) is 6.08 Å². The van der Waals surface area contributed by atoms with E-state index < -0.39 is 5.91 Å². The van der Waals surface area contributed by atoms with Crippen LogP contribution in [-0.2, 0) is 17.9 Å². The van der Waals surface area contributed by atoms with Crippen molar-refractivity contribution in [3.05, 3.63) is 105 Å². The van der Waals surface area contributed by atoms with Gasteiger partial charge in [0.2, 0.25) is 0 Å². The molecule has 3 aromatic rings. The molecule has 0 aliphatic heterocycles. The molecule has 0 aromatic heterocycles. The first-order valence-corrected chi connectivity index (χ1v) is 10.0. The number of nitrogens with one attached hydrogen (secondary N) is 1. The molecule has 0 radical (unpaired) electrons. The maximum Gasteiger partial charge on any atom is 0.262 e. The monoisotopic (exact) mass is 454 g/mol. The van der Waals surface area contributed by atoms with Gasteiger partial charge in [0.15, 0.2) is 0 Å². The van der Waals surface area contributed by atoms with Crippen LogP contribution >= 0.6 is 23.2 Å². The second kappa shape index (κ2) is 10.6. The Morgan fingerprint density at radius 1 is 1.06 bits per heavy atom. The number of nitrogens with zero attached hydrogens (tertiary/aromatic N) is 1. The van der Waals surface area contributed by atoms with Gasteiger partial charge in [-0.05, 0) is 41.5 Å². The minimum absolute atomic E-state index is 0.116. The summed E-state index contributed by atoms with van der Waals surface area (Å²) in [7, 11) is 0. The van der Waals surface area contributed by atoms with Crippen LogP contribution in [0, 0.1) is 17.1 Å². The topological polar surface area (TPSA) is 62.1 Å². The van der Waals surface area contributed by atoms with Crippen LogP contribution in [0.4, 0.5) is 4.39 Å². The van der Waals surface area contributed by atoms with Gasteiger partial charge in [-0.15, -0.1) is 0 Å². The van der Waals surface area contributed by atoms with Crippen LogP contribution in [0.3, 0.4) is 0 Å². The molecular formula is C24H17Cl2FN2O2. The maximum atomic E-state index is 13.1. The van der Waals surface area contributed by atoms with E-state index in [4.69, 9.17) is 27.9 Å². The van der Waals surface area contributed by atoms with E-state index in [2.05, 4.69) is 5.32 Å². The Morgan fingerprint density at radius 2 is 1.77 bits per heavy atom. The summed E-state index contributed by atoms with van der Waals surface area (Å²) in [4.78, 5) is 12.5. The summed E-state index contributed by atoms with van der Waals surface area (Å²) in [6, 6.07) is 20.1. The summed E-state index contributed by atoms with van der Waals surface area (Å²) < 4.78 is 18.9. The van der Waals surface area contributed by atoms with Crippen molar-refractivity contribution in [2.45, 2.75) is 13.2 Å². The van der Waals surface area contributed by atoms with Gasteiger partial charge < -0.3 is 10.1 Å². The Bertz CT molecular complexity index is 1140. The number of nitriles is 1. The Labute approximate surface area is 189 Å². The van der Waals surface area contributed by atoms with Gasteiger partial charge in [0.25, 0.3) is 5.91 Å². The molecule has 0 heterocycles. The fourth-order valence-electron chi connectivity index (χ4n) is 2.75. The van der Waals surface area contributed by atoms with Crippen molar-refractivity contribution in [3.8, 4) is 11.8 Å². The molecule has 4 nitrogen and oxygen atoms in total. The fraction of sp³-hybridized carbons (Fsp3) is 0.0833. The molecule has 0 saturated carbocycles. The Balaban J connectivity index is 1.81. The van der Waals surface area contributed by atoms with Gasteiger partial charge in [0, 0.05) is 17.1 Å². The quantitative estimate of drug-likeness (QED) is 0.355. The average Bonchev–Trinajstić information content (AvgIpc) is 2.77. The zero-order valence-corrected chi connectivity index (χ0v) is 17.8. The van der Waals surface area contributed by atoms with E-state index in [0.29, 0.717) is 10.6 Å². The molecule has 156 valence electrons. The zero-order valence-electron chi connectivity index (χ0n) is 16.2. The smallest absolute Gasteiger partial charge is 0.262 e. The zero-order chi connectivity index (χ0) is 22.2. The molecule has 31 heavy (non-hydrogen) atoms. The molecule has 0 saturated heterocycles. The van der Waals surface area contributed by atoms with E-state index in [9.17, 15) is 14.4 Å². The van der Waals surface area contributed by atoms with Crippen molar-refractivity contribution >= 4 is 35.2 Å². The number of hydrogen-bond acceptors (Lipinski definition) is 3. The standard InChI is InChI=1S/C24H17Cl2FN2O2/c25-20-11-18(10-19(13-28)24(30)29-14-16-4-2-1-3-5-16)23(22(26)12-20)31-15-17-6-8-21(27)9-7-17/h1-12H,14-15H2,(H,29,30)/b19-10+. The van der Waals surface area contributed by atoms with Gasteiger partial charge in [0.05, 0.1) is 5.02 Å². The van der Waals surface area contributed by atoms with E-state index in [1.54, 1.807) is 18.2 Å². The second-order valence-electron chi connectivity index (χ2n) is 6.56. The van der Waals surface area contributed by atoms with E-state index in [-0.39, 0.29) is 35.3 Å². The first-order valence-electron chi connectivity index (χ1n) is 9.26. The summed E-state index contributed by atoms with van der Waals surface area (Å²) >= 11 is 12.4. The van der Waals surface area contributed by atoms with Gasteiger partial charge in [-0.2, -0.15) is 5.26 Å². The SMILES string of the molecule is N#C/C(=C\c1cc(Cl)cc(Cl)c1OCc1ccc(F)cc1)C(=O)NCc1ccccc1. The highest BCUT2D eigenvalue weighted by Gasteiger charge is 2.14. The van der Waals surface area contributed by atoms with E-state index in [1.165, 1.54) is 24.3 Å². The minimum atomic E-state index is -0.535. The van der Waals surface area contributed by atoms with Crippen molar-refractivity contribution in [3.63, 3.8) is 0 Å². The molecule has 3 aromatic carbocycles. The number of amides is 1. The lowest BCUT2D eigenvalue weighted by Gasteiger charge is -2.13. The van der Waals surface area contributed by atoms with Crippen LogP contribution in [0.15, 0.2) is 72.3 Å². The number of halogens is 3. The Hall–Kier alpha value is -3.33. The van der Waals surface area contributed by atoms with Crippen molar-refractivity contribution in [2.75, 3.05) is 0 Å². The number of carbonyl (C=O) groups is 1. The largest absolute Gasteiger partial charge is 0.487 e. The third-order valence-corrected chi connectivity index (χ3v) is 4.79. The van der Waals surface area contributed by atoms with Gasteiger partial charge >= 0.3 is 0 Å². The lowest BCUT2D eigenvalue weighted by Crippen LogP contribution is -2.23. The average molecular weight is 455 g/mol. The van der Waals surface area contributed by atoms with E-state index in [1.807, 2.05) is 36.4 Å². The number of rotatable bonds is 7. The van der Waals surface area contributed by atoms with Crippen molar-refractivity contribution < 1.29 is 13.9 Å². The van der Waals surface area contributed by atoms with Crippen LogP contribution in [-0.4, -0.2) is 5.91 Å². The molecule has 7 heteroatoms. The number of ether oxygens (including phenoxy) is 1. The number of hydrogen-bond donors (Lipinski definition) is 1. The molecule has 0 aliphatic carbocycles. The van der Waals surface area contributed by atoms with Crippen LogP contribution in [0.2, 0.25) is 10.0 Å². The van der Waals surface area contributed by atoms with E-state index in [0.717, 1.165) is 11.1 Å². The summed E-state index contributed by atoms with van der Waals surface area (Å²) in [5.74, 6) is -0.622. The summed E-state index contributed by atoms with van der Waals surface area (Å²) in [5.41, 5.74) is 1.89. The number of carbonyl (C=O) groups excluding carboxylic acids is 1. The highest BCUT2D eigenvalue weighted by atomic mass is 35.5. The number of benzene rings is 3. The Kier molecular flexibility index (Phi) is 7.66. The predicted octanol–water partition coefficient (Wildman–Crippen LogP) is 5.93. The van der Waals surface area contributed by atoms with Gasteiger partial charge in [-0.25, -0.2) is 4.39 Å². The second-order valence-corrected chi connectivity index (χ2v) is 7.40. The van der Waals surface area contributed by atoms with Gasteiger partial charge in [0.1, 0.15) is 29.8 Å². The fourth-order valence-corrected chi connectivity index (χ4v) is 3.32. The summed E-state index contributed by atoms with van der Waals surface area (Å²) in [6.45, 7) is 0.396. The molecule has 1 N–H and O–H groups in total. The first kappa shape index (κ1) is 22.4. The van der Waals surface area contributed by atoms with Gasteiger partial charge in [-0.3, -0.25) is 4.79 Å². The summed E-state index contributed by atoms with van der Waals surface area (Å²) in [6.07, 6.45) is 1.37. The molecule has 0 fully saturated rings. The van der Waals surface area contributed by atoms with E-state index >= 15 is 0 Å². The molecule has 1 amide bonds. The predicted molar refractivity (Wildman–Crippen MR) is 119 cm³/mol. The third kappa shape index (κ3) is 6.32. The molecule has 0 atom stereocenters. The maximum absolute atomic E-state index is 13.1. The molecule has 3 rings (SSSR count). The van der Waals surface area contributed by atoms with Crippen LogP contribution < -0.4 is 10.1 Å². The van der Waals surface area contributed by atoms with Crippen LogP contribution in [0.1, 0.15) is 16.7 Å². The van der Waals surface area contributed by atoms with Gasteiger partial charge in [-0.1, -0.05) is 65.7 Å². The summed E-state index contributed by atoms with van der Waals surface area (Å²) in [5, 5.41) is 12.8. The lowest BCUT2D eigenvalue weighted by molar-refractivity contribution is -0.117. The molecule has 0 bridgehead atoms. The molecular weight excluding hydrogens is 438 g/mol.